The lowest BCUT2D eigenvalue weighted by Crippen LogP contribution is -1.90. The van der Waals surface area contributed by atoms with Crippen molar-refractivity contribution in [2.75, 3.05) is 0 Å². The molecule has 0 aliphatic heterocycles. The Bertz CT molecular complexity index is 1110. The molecule has 0 fully saturated rings. The minimum Gasteiger partial charge on any atom is -0.457 e. The van der Waals surface area contributed by atoms with Crippen LogP contribution in [0.15, 0.2) is 91.0 Å². The van der Waals surface area contributed by atoms with Crippen molar-refractivity contribution in [3.8, 4) is 34.1 Å². The molecule has 0 saturated carbocycles. The lowest BCUT2D eigenvalue weighted by molar-refractivity contribution is 0.476. The Morgan fingerprint density at radius 1 is 0.750 bits per heavy atom. The Hall–Kier alpha value is -3.30. The summed E-state index contributed by atoms with van der Waals surface area (Å²) in [6.07, 6.45) is 0. The third kappa shape index (κ3) is 4.33. The zero-order valence-corrected chi connectivity index (χ0v) is 15.5. The summed E-state index contributed by atoms with van der Waals surface area (Å²) in [7, 11) is 0. The van der Waals surface area contributed by atoms with Crippen LogP contribution in [0.2, 0.25) is 5.02 Å². The number of ether oxygens (including phenoxy) is 2. The average Bonchev–Trinajstić information content (AvgIpc) is 2.69. The molecule has 1 radical (unpaired) electrons. The lowest BCUT2D eigenvalue weighted by Gasteiger charge is -2.13. The monoisotopic (exact) mass is 389 g/mol. The lowest BCUT2D eigenvalue weighted by atomic mass is 10.0. The van der Waals surface area contributed by atoms with E-state index in [1.54, 1.807) is 30.3 Å². The Kier molecular flexibility index (Phi) is 5.27. The van der Waals surface area contributed by atoms with Crippen molar-refractivity contribution in [1.82, 2.24) is 0 Å². The van der Waals surface area contributed by atoms with Crippen LogP contribution < -0.4 is 9.47 Å². The molecule has 0 aliphatic carbocycles. The molecule has 4 aromatic rings. The van der Waals surface area contributed by atoms with Gasteiger partial charge in [0.05, 0.1) is 0 Å². The van der Waals surface area contributed by atoms with Gasteiger partial charge in [-0.25, -0.2) is 4.39 Å². The van der Waals surface area contributed by atoms with Crippen LogP contribution in [0.3, 0.4) is 0 Å². The van der Waals surface area contributed by atoms with Gasteiger partial charge in [0, 0.05) is 16.7 Å². The highest BCUT2D eigenvalue weighted by molar-refractivity contribution is 6.30. The first-order valence-electron chi connectivity index (χ1n) is 8.65. The molecule has 2 nitrogen and oxygen atoms in total. The maximum absolute atomic E-state index is 13.4. The summed E-state index contributed by atoms with van der Waals surface area (Å²) in [5.41, 5.74) is 1.78. The molecule has 4 aromatic carbocycles. The van der Waals surface area contributed by atoms with E-state index >= 15 is 0 Å². The van der Waals surface area contributed by atoms with E-state index in [2.05, 4.69) is 6.07 Å². The van der Waals surface area contributed by atoms with Crippen molar-refractivity contribution in [1.29, 1.82) is 0 Å². The van der Waals surface area contributed by atoms with Gasteiger partial charge in [-0.3, -0.25) is 0 Å². The van der Waals surface area contributed by atoms with E-state index in [9.17, 15) is 4.39 Å². The van der Waals surface area contributed by atoms with Gasteiger partial charge in [0.25, 0.3) is 0 Å². The van der Waals surface area contributed by atoms with Crippen molar-refractivity contribution in [2.24, 2.45) is 0 Å². The molecule has 0 aromatic heterocycles. The summed E-state index contributed by atoms with van der Waals surface area (Å²) in [4.78, 5) is 0. The zero-order valence-electron chi connectivity index (χ0n) is 14.7. The molecule has 0 atom stereocenters. The van der Waals surface area contributed by atoms with Gasteiger partial charge in [-0.05, 0) is 60.2 Å². The van der Waals surface area contributed by atoms with Gasteiger partial charge in [-0.2, -0.15) is 0 Å². The molecule has 0 bridgehead atoms. The Balaban J connectivity index is 1.64. The second kappa shape index (κ2) is 8.15. The molecule has 4 heteroatoms. The third-order valence-electron chi connectivity index (χ3n) is 4.03. The van der Waals surface area contributed by atoms with Crippen molar-refractivity contribution >= 4 is 11.6 Å². The molecule has 4 rings (SSSR count). The van der Waals surface area contributed by atoms with Crippen LogP contribution in [0.4, 0.5) is 4.39 Å². The van der Waals surface area contributed by atoms with Gasteiger partial charge < -0.3 is 9.47 Å². The van der Waals surface area contributed by atoms with Crippen LogP contribution in [0.1, 0.15) is 0 Å². The zero-order chi connectivity index (χ0) is 19.3. The summed E-state index contributed by atoms with van der Waals surface area (Å²) in [5, 5.41) is 0.601. The highest BCUT2D eigenvalue weighted by Gasteiger charge is 2.09. The molecular formula is C24H15ClFO2. The molecular weight excluding hydrogens is 375 g/mol. The maximum Gasteiger partial charge on any atom is 0.135 e. The van der Waals surface area contributed by atoms with Gasteiger partial charge >= 0.3 is 0 Å². The second-order valence-corrected chi connectivity index (χ2v) is 6.51. The van der Waals surface area contributed by atoms with Gasteiger partial charge in [0.2, 0.25) is 0 Å². The van der Waals surface area contributed by atoms with Crippen LogP contribution >= 0.6 is 11.6 Å². The van der Waals surface area contributed by atoms with Gasteiger partial charge in [-0.15, -0.1) is 0 Å². The summed E-state index contributed by atoms with van der Waals surface area (Å²) in [5.74, 6) is 1.98. The van der Waals surface area contributed by atoms with E-state index in [0.29, 0.717) is 28.0 Å². The number of rotatable bonds is 5. The predicted octanol–water partition coefficient (Wildman–Crippen LogP) is 7.53. The Morgan fingerprint density at radius 2 is 1.46 bits per heavy atom. The number of hydrogen-bond donors (Lipinski definition) is 0. The summed E-state index contributed by atoms with van der Waals surface area (Å²) >= 11 is 6.05. The van der Waals surface area contributed by atoms with Crippen LogP contribution in [0.25, 0.3) is 11.1 Å². The van der Waals surface area contributed by atoms with E-state index in [1.165, 1.54) is 12.1 Å². The van der Waals surface area contributed by atoms with Crippen LogP contribution in [-0.2, 0) is 0 Å². The largest absolute Gasteiger partial charge is 0.457 e. The molecule has 0 amide bonds. The fourth-order valence-electron chi connectivity index (χ4n) is 2.79. The molecule has 0 heterocycles. The first-order valence-corrected chi connectivity index (χ1v) is 9.02. The SMILES string of the molecule is Fc1cccc(Oc2cccc(-c3cc[c]cc3Oc3cccc(Cl)c3)c2)c1. The molecule has 0 aliphatic rings. The summed E-state index contributed by atoms with van der Waals surface area (Å²) in [6, 6.07) is 29.3. The van der Waals surface area contributed by atoms with Gasteiger partial charge in [0.15, 0.2) is 0 Å². The fourth-order valence-corrected chi connectivity index (χ4v) is 2.97. The smallest absolute Gasteiger partial charge is 0.135 e. The van der Waals surface area contributed by atoms with Crippen molar-refractivity contribution in [2.45, 2.75) is 0 Å². The first kappa shape index (κ1) is 18.1. The van der Waals surface area contributed by atoms with Crippen molar-refractivity contribution < 1.29 is 13.9 Å². The topological polar surface area (TPSA) is 18.5 Å². The van der Waals surface area contributed by atoms with Gasteiger partial charge in [0.1, 0.15) is 28.8 Å². The molecule has 28 heavy (non-hydrogen) atoms. The molecule has 137 valence electrons. The number of halogens is 2. The summed E-state index contributed by atoms with van der Waals surface area (Å²) in [6.45, 7) is 0. The van der Waals surface area contributed by atoms with Crippen LogP contribution in [-0.4, -0.2) is 0 Å². The number of benzene rings is 4. The Labute approximate surface area is 167 Å². The predicted molar refractivity (Wildman–Crippen MR) is 109 cm³/mol. The van der Waals surface area contributed by atoms with Crippen molar-refractivity contribution in [3.05, 3.63) is 108 Å². The quantitative estimate of drug-likeness (QED) is 0.351. The molecule has 0 spiro atoms. The van der Waals surface area contributed by atoms with E-state index in [4.69, 9.17) is 21.1 Å². The molecule has 0 N–H and O–H groups in total. The second-order valence-electron chi connectivity index (χ2n) is 6.07. The van der Waals surface area contributed by atoms with E-state index in [-0.39, 0.29) is 5.82 Å². The third-order valence-corrected chi connectivity index (χ3v) is 4.26. The minimum atomic E-state index is -0.343. The highest BCUT2D eigenvalue weighted by Crippen LogP contribution is 2.35. The highest BCUT2D eigenvalue weighted by atomic mass is 35.5. The van der Waals surface area contributed by atoms with E-state index < -0.39 is 0 Å². The van der Waals surface area contributed by atoms with E-state index in [0.717, 1.165) is 11.1 Å². The Morgan fingerprint density at radius 3 is 2.25 bits per heavy atom. The molecule has 0 saturated heterocycles. The van der Waals surface area contributed by atoms with Gasteiger partial charge in [-0.1, -0.05) is 48.0 Å². The average molecular weight is 390 g/mol. The number of hydrogen-bond acceptors (Lipinski definition) is 2. The minimum absolute atomic E-state index is 0.343. The van der Waals surface area contributed by atoms with Crippen LogP contribution in [0, 0.1) is 11.9 Å². The molecule has 0 unspecified atom stereocenters. The first-order chi connectivity index (χ1) is 13.7. The van der Waals surface area contributed by atoms with Crippen LogP contribution in [0.5, 0.6) is 23.0 Å². The fraction of sp³-hybridized carbons (Fsp3) is 0. The van der Waals surface area contributed by atoms with Crippen molar-refractivity contribution in [3.63, 3.8) is 0 Å². The normalized spacial score (nSPS) is 10.5. The maximum atomic E-state index is 13.4. The van der Waals surface area contributed by atoms with E-state index in [1.807, 2.05) is 48.5 Å². The standard InChI is InChI=1S/C24H15ClFO2/c25-18-7-4-10-21(15-18)28-24-13-2-1-12-23(24)17-6-3-9-20(14-17)27-22-11-5-8-19(26)16-22/h1,3-16H. The summed E-state index contributed by atoms with van der Waals surface area (Å²) < 4.78 is 25.2.